The number of methoxy groups -OCH3 is 1. The zero-order chi connectivity index (χ0) is 27.5. The number of hydrogen-bond donors (Lipinski definition) is 1. The van der Waals surface area contributed by atoms with Crippen molar-refractivity contribution >= 4 is 46.3 Å². The molecule has 0 saturated carbocycles. The molecule has 1 unspecified atom stereocenters. The van der Waals surface area contributed by atoms with E-state index >= 15 is 0 Å². The number of carbonyl (C=O) groups excluding carboxylic acids is 2. The number of ketones is 1. The number of Topliss-reactive ketones (excluding diaryl/α,β-unsaturated/α-hetero) is 1. The van der Waals surface area contributed by atoms with Crippen LogP contribution in [0.5, 0.6) is 11.5 Å². The van der Waals surface area contributed by atoms with Crippen LogP contribution in [0, 0.1) is 0 Å². The van der Waals surface area contributed by atoms with Gasteiger partial charge in [0, 0.05) is 11.3 Å². The van der Waals surface area contributed by atoms with Gasteiger partial charge in [0.15, 0.2) is 5.75 Å². The summed E-state index contributed by atoms with van der Waals surface area (Å²) in [5.74, 6) is -1.22. The van der Waals surface area contributed by atoms with Crippen LogP contribution in [0.4, 0.5) is 5.69 Å². The van der Waals surface area contributed by atoms with Crippen LogP contribution in [0.25, 0.3) is 5.76 Å². The summed E-state index contributed by atoms with van der Waals surface area (Å²) in [5, 5.41) is 11.7. The molecule has 8 heteroatoms. The number of carbonyl (C=O) groups is 2. The van der Waals surface area contributed by atoms with Gasteiger partial charge < -0.3 is 14.6 Å². The van der Waals surface area contributed by atoms with E-state index in [9.17, 15) is 14.7 Å². The standard InChI is InChI=1S/C31H23Cl2NO5/c1-38-30-24(32)16-21(17-25(30)33)28(35)26-27(34(31(37)29(26)36)22-12-6-3-7-13-22)20-11-8-14-23(15-20)39-18-19-9-4-2-5-10-19/h2-17,27,35H,18H2,1H3/b28-26+. The molecule has 1 aliphatic rings. The fraction of sp³-hybridized carbons (Fsp3) is 0.0968. The number of rotatable bonds is 7. The zero-order valence-corrected chi connectivity index (χ0v) is 22.3. The minimum absolute atomic E-state index is 0.0960. The minimum atomic E-state index is -0.938. The van der Waals surface area contributed by atoms with Crippen molar-refractivity contribution in [3.63, 3.8) is 0 Å². The third-order valence-corrected chi connectivity index (χ3v) is 6.94. The van der Waals surface area contributed by atoms with Crippen molar-refractivity contribution in [2.24, 2.45) is 0 Å². The molecule has 0 aromatic heterocycles. The minimum Gasteiger partial charge on any atom is -0.507 e. The maximum Gasteiger partial charge on any atom is 0.300 e. The Bertz CT molecular complexity index is 1550. The summed E-state index contributed by atoms with van der Waals surface area (Å²) in [6.07, 6.45) is 0. The Balaban J connectivity index is 1.63. The van der Waals surface area contributed by atoms with E-state index in [1.54, 1.807) is 48.5 Å². The predicted octanol–water partition coefficient (Wildman–Crippen LogP) is 7.21. The number of aliphatic hydroxyl groups excluding tert-OH is 1. The van der Waals surface area contributed by atoms with Gasteiger partial charge in [-0.3, -0.25) is 14.5 Å². The Hall–Kier alpha value is -4.26. The second kappa shape index (κ2) is 11.2. The Morgan fingerprint density at radius 1 is 0.872 bits per heavy atom. The summed E-state index contributed by atoms with van der Waals surface area (Å²) in [5.41, 5.74) is 2.16. The molecule has 1 heterocycles. The largest absolute Gasteiger partial charge is 0.507 e. The van der Waals surface area contributed by atoms with Crippen molar-refractivity contribution in [1.29, 1.82) is 0 Å². The van der Waals surface area contributed by atoms with Crippen LogP contribution >= 0.6 is 23.2 Å². The van der Waals surface area contributed by atoms with Crippen LogP contribution in [-0.2, 0) is 16.2 Å². The smallest absolute Gasteiger partial charge is 0.300 e. The topological polar surface area (TPSA) is 76.1 Å². The highest BCUT2D eigenvalue weighted by atomic mass is 35.5. The predicted molar refractivity (Wildman–Crippen MR) is 151 cm³/mol. The number of ether oxygens (including phenoxy) is 2. The van der Waals surface area contributed by atoms with Gasteiger partial charge in [0.05, 0.1) is 28.8 Å². The number of para-hydroxylation sites is 1. The lowest BCUT2D eigenvalue weighted by molar-refractivity contribution is -0.132. The summed E-state index contributed by atoms with van der Waals surface area (Å²) in [6.45, 7) is 0.339. The fourth-order valence-electron chi connectivity index (χ4n) is 4.57. The van der Waals surface area contributed by atoms with Gasteiger partial charge >= 0.3 is 0 Å². The molecule has 0 spiro atoms. The zero-order valence-electron chi connectivity index (χ0n) is 20.8. The second-order valence-electron chi connectivity index (χ2n) is 8.82. The van der Waals surface area contributed by atoms with Gasteiger partial charge in [-0.1, -0.05) is 83.9 Å². The molecular formula is C31H23Cl2NO5. The SMILES string of the molecule is COc1c(Cl)cc(/C(O)=C2\C(=O)C(=O)N(c3ccccc3)C2c2cccc(OCc3ccccc3)c2)cc1Cl. The molecule has 0 aliphatic carbocycles. The van der Waals surface area contributed by atoms with Crippen LogP contribution in [-0.4, -0.2) is 23.9 Å². The Labute approximate surface area is 235 Å². The van der Waals surface area contributed by atoms with E-state index in [1.807, 2.05) is 36.4 Å². The highest BCUT2D eigenvalue weighted by Crippen LogP contribution is 2.44. The summed E-state index contributed by atoms with van der Waals surface area (Å²) in [6, 6.07) is 27.6. The van der Waals surface area contributed by atoms with Crippen LogP contribution in [0.15, 0.2) is 103 Å². The van der Waals surface area contributed by atoms with Crippen LogP contribution < -0.4 is 14.4 Å². The molecule has 196 valence electrons. The molecule has 39 heavy (non-hydrogen) atoms. The highest BCUT2D eigenvalue weighted by Gasteiger charge is 2.47. The molecule has 1 saturated heterocycles. The number of halogens is 2. The summed E-state index contributed by atoms with van der Waals surface area (Å²) in [4.78, 5) is 28.2. The highest BCUT2D eigenvalue weighted by molar-refractivity contribution is 6.51. The van der Waals surface area contributed by atoms with E-state index in [0.717, 1.165) is 5.56 Å². The number of amides is 1. The van der Waals surface area contributed by atoms with E-state index in [2.05, 4.69) is 0 Å². The normalized spacial score (nSPS) is 16.4. The average molecular weight is 560 g/mol. The van der Waals surface area contributed by atoms with Crippen molar-refractivity contribution < 1.29 is 24.2 Å². The number of benzene rings is 4. The number of anilines is 1. The first kappa shape index (κ1) is 26.4. The maximum atomic E-state index is 13.4. The molecule has 0 radical (unpaired) electrons. The molecule has 4 aromatic carbocycles. The van der Waals surface area contributed by atoms with E-state index in [0.29, 0.717) is 23.6 Å². The van der Waals surface area contributed by atoms with Gasteiger partial charge in [-0.2, -0.15) is 0 Å². The molecule has 1 N–H and O–H groups in total. The summed E-state index contributed by atoms with van der Waals surface area (Å²) in [7, 11) is 1.42. The molecule has 5 rings (SSSR count). The molecule has 6 nitrogen and oxygen atoms in total. The van der Waals surface area contributed by atoms with E-state index in [-0.39, 0.29) is 26.9 Å². The Morgan fingerprint density at radius 2 is 1.51 bits per heavy atom. The van der Waals surface area contributed by atoms with Gasteiger partial charge in [0.1, 0.15) is 18.1 Å². The molecule has 1 aliphatic heterocycles. The van der Waals surface area contributed by atoms with Gasteiger partial charge in [-0.25, -0.2) is 0 Å². The number of nitrogens with zero attached hydrogens (tertiary/aromatic N) is 1. The molecule has 1 fully saturated rings. The van der Waals surface area contributed by atoms with E-state index < -0.39 is 23.5 Å². The molecule has 1 atom stereocenters. The first-order valence-electron chi connectivity index (χ1n) is 12.0. The van der Waals surface area contributed by atoms with Crippen molar-refractivity contribution in [3.8, 4) is 11.5 Å². The van der Waals surface area contributed by atoms with Gasteiger partial charge in [0.2, 0.25) is 0 Å². The Morgan fingerprint density at radius 3 is 2.15 bits per heavy atom. The molecular weight excluding hydrogens is 537 g/mol. The molecule has 1 amide bonds. The first-order chi connectivity index (χ1) is 18.9. The monoisotopic (exact) mass is 559 g/mol. The Kier molecular flexibility index (Phi) is 7.59. The van der Waals surface area contributed by atoms with Crippen molar-refractivity contribution in [2.75, 3.05) is 12.0 Å². The van der Waals surface area contributed by atoms with Crippen molar-refractivity contribution in [3.05, 3.63) is 129 Å². The number of hydrogen-bond acceptors (Lipinski definition) is 5. The first-order valence-corrected chi connectivity index (χ1v) is 12.8. The lowest BCUT2D eigenvalue weighted by atomic mass is 9.95. The third-order valence-electron chi connectivity index (χ3n) is 6.38. The summed E-state index contributed by atoms with van der Waals surface area (Å²) < 4.78 is 11.2. The van der Waals surface area contributed by atoms with Gasteiger partial charge in [-0.15, -0.1) is 0 Å². The number of aliphatic hydroxyl groups is 1. The lowest BCUT2D eigenvalue weighted by Crippen LogP contribution is -2.29. The van der Waals surface area contributed by atoms with Crippen LogP contribution in [0.3, 0.4) is 0 Å². The lowest BCUT2D eigenvalue weighted by Gasteiger charge is -2.26. The third kappa shape index (κ3) is 5.21. The molecule has 4 aromatic rings. The van der Waals surface area contributed by atoms with Crippen molar-refractivity contribution in [2.45, 2.75) is 12.6 Å². The summed E-state index contributed by atoms with van der Waals surface area (Å²) >= 11 is 12.6. The van der Waals surface area contributed by atoms with Gasteiger partial charge in [-0.05, 0) is 47.5 Å². The quantitative estimate of drug-likeness (QED) is 0.147. The maximum absolute atomic E-state index is 13.4. The average Bonchev–Trinajstić information content (AvgIpc) is 3.22. The fourth-order valence-corrected chi connectivity index (χ4v) is 5.21. The van der Waals surface area contributed by atoms with Gasteiger partial charge in [0.25, 0.3) is 11.7 Å². The molecule has 0 bridgehead atoms. The van der Waals surface area contributed by atoms with Crippen LogP contribution in [0.2, 0.25) is 10.0 Å². The van der Waals surface area contributed by atoms with Crippen LogP contribution in [0.1, 0.15) is 22.7 Å². The second-order valence-corrected chi connectivity index (χ2v) is 9.64. The van der Waals surface area contributed by atoms with E-state index in [4.69, 9.17) is 32.7 Å². The van der Waals surface area contributed by atoms with Crippen molar-refractivity contribution in [1.82, 2.24) is 0 Å². The van der Waals surface area contributed by atoms with E-state index in [1.165, 1.54) is 24.1 Å².